The highest BCUT2D eigenvalue weighted by Crippen LogP contribution is 2.34. The molecule has 0 aliphatic heterocycles. The Bertz CT molecular complexity index is 1230. The molecule has 1 unspecified atom stereocenters. The summed E-state index contributed by atoms with van der Waals surface area (Å²) < 4.78 is 10.6. The molecule has 0 fully saturated rings. The van der Waals surface area contributed by atoms with E-state index in [0.717, 1.165) is 27.6 Å². The number of carbonyl (C=O) groups is 1. The molecule has 1 amide bonds. The number of halogens is 1. The first-order chi connectivity index (χ1) is 15.6. The van der Waals surface area contributed by atoms with Gasteiger partial charge in [-0.2, -0.15) is 0 Å². The van der Waals surface area contributed by atoms with Gasteiger partial charge in [-0.1, -0.05) is 54.1 Å². The van der Waals surface area contributed by atoms with E-state index in [0.29, 0.717) is 23.1 Å². The van der Waals surface area contributed by atoms with E-state index in [2.05, 4.69) is 16.4 Å². The molecule has 1 aromatic heterocycles. The maximum Gasteiger partial charge on any atom is 0.224 e. The minimum atomic E-state index is -0.0887. The zero-order valence-corrected chi connectivity index (χ0v) is 18.8. The molecule has 4 rings (SSSR count). The van der Waals surface area contributed by atoms with Gasteiger partial charge in [0.1, 0.15) is 0 Å². The summed E-state index contributed by atoms with van der Waals surface area (Å²) in [7, 11) is 3.17. The van der Waals surface area contributed by atoms with Gasteiger partial charge in [-0.05, 0) is 41.0 Å². The lowest BCUT2D eigenvalue weighted by atomic mass is 9.90. The van der Waals surface area contributed by atoms with Crippen LogP contribution < -0.4 is 14.8 Å². The highest BCUT2D eigenvalue weighted by Gasteiger charge is 2.21. The van der Waals surface area contributed by atoms with Crippen LogP contribution >= 0.6 is 11.6 Å². The van der Waals surface area contributed by atoms with Crippen LogP contribution in [-0.2, 0) is 11.2 Å². The molecule has 6 heteroatoms. The van der Waals surface area contributed by atoms with E-state index in [-0.39, 0.29) is 18.2 Å². The Morgan fingerprint density at radius 3 is 2.50 bits per heavy atom. The van der Waals surface area contributed by atoms with E-state index in [9.17, 15) is 4.79 Å². The van der Waals surface area contributed by atoms with Gasteiger partial charge in [0.2, 0.25) is 5.91 Å². The minimum Gasteiger partial charge on any atom is -0.493 e. The summed E-state index contributed by atoms with van der Waals surface area (Å²) in [6, 6.07) is 21.4. The lowest BCUT2D eigenvalue weighted by Crippen LogP contribution is -2.30. The largest absolute Gasteiger partial charge is 0.493 e. The molecule has 3 aromatic carbocycles. The lowest BCUT2D eigenvalue weighted by molar-refractivity contribution is -0.120. The fourth-order valence-electron chi connectivity index (χ4n) is 3.98. The number of benzene rings is 3. The Labute approximate surface area is 192 Å². The van der Waals surface area contributed by atoms with Crippen molar-refractivity contribution < 1.29 is 14.3 Å². The molecule has 2 N–H and O–H groups in total. The number of para-hydroxylation sites is 1. The van der Waals surface area contributed by atoms with Gasteiger partial charge in [0.15, 0.2) is 11.5 Å². The molecule has 4 aromatic rings. The standard InChI is InChI=1S/C26H25ClN2O3/c1-31-24-12-11-17(13-25(24)32-2)14-26(30)29-16-20(18-7-3-5-9-22(18)27)21-15-28-23-10-6-4-8-19(21)23/h3-13,15,20,28H,14,16H2,1-2H3,(H,29,30). The Morgan fingerprint density at radius 2 is 1.72 bits per heavy atom. The first-order valence-corrected chi connectivity index (χ1v) is 10.8. The number of nitrogens with one attached hydrogen (secondary N) is 2. The molecule has 5 nitrogen and oxygen atoms in total. The van der Waals surface area contributed by atoms with E-state index in [4.69, 9.17) is 21.1 Å². The number of rotatable bonds is 8. The van der Waals surface area contributed by atoms with Crippen molar-refractivity contribution in [3.63, 3.8) is 0 Å². The van der Waals surface area contributed by atoms with Crippen molar-refractivity contribution in [1.29, 1.82) is 0 Å². The van der Waals surface area contributed by atoms with E-state index in [1.54, 1.807) is 20.3 Å². The Morgan fingerprint density at radius 1 is 0.969 bits per heavy atom. The summed E-state index contributed by atoms with van der Waals surface area (Å²) in [4.78, 5) is 16.1. The quantitative estimate of drug-likeness (QED) is 0.383. The molecule has 0 aliphatic carbocycles. The number of ether oxygens (including phenoxy) is 2. The number of hydrogen-bond donors (Lipinski definition) is 2. The van der Waals surface area contributed by atoms with Crippen LogP contribution in [0, 0.1) is 0 Å². The number of fused-ring (bicyclic) bond motifs is 1. The summed E-state index contributed by atoms with van der Waals surface area (Å²) in [5, 5.41) is 4.89. The van der Waals surface area contributed by atoms with Crippen molar-refractivity contribution in [1.82, 2.24) is 10.3 Å². The monoisotopic (exact) mass is 448 g/mol. The molecule has 32 heavy (non-hydrogen) atoms. The second kappa shape index (κ2) is 9.79. The summed E-state index contributed by atoms with van der Waals surface area (Å²) in [6.07, 6.45) is 2.24. The van der Waals surface area contributed by atoms with Crippen LogP contribution in [0.4, 0.5) is 0 Å². The number of hydrogen-bond acceptors (Lipinski definition) is 3. The number of aromatic amines is 1. The predicted molar refractivity (Wildman–Crippen MR) is 128 cm³/mol. The number of H-pyrrole nitrogens is 1. The van der Waals surface area contributed by atoms with Gasteiger partial charge in [-0.25, -0.2) is 0 Å². The Balaban J connectivity index is 1.56. The van der Waals surface area contributed by atoms with Gasteiger partial charge >= 0.3 is 0 Å². The fraction of sp³-hybridized carbons (Fsp3) is 0.192. The predicted octanol–water partition coefficient (Wildman–Crippen LogP) is 5.33. The van der Waals surface area contributed by atoms with Crippen LogP contribution in [0.25, 0.3) is 10.9 Å². The van der Waals surface area contributed by atoms with Gasteiger partial charge in [-0.3, -0.25) is 4.79 Å². The SMILES string of the molecule is COc1ccc(CC(=O)NCC(c2ccccc2Cl)c2c[nH]c3ccccc23)cc1OC. The number of aromatic nitrogens is 1. The van der Waals surface area contributed by atoms with E-state index < -0.39 is 0 Å². The van der Waals surface area contributed by atoms with E-state index >= 15 is 0 Å². The summed E-state index contributed by atoms with van der Waals surface area (Å²) in [5.41, 5.74) is 3.98. The van der Waals surface area contributed by atoms with Crippen molar-refractivity contribution >= 4 is 28.4 Å². The van der Waals surface area contributed by atoms with Crippen molar-refractivity contribution in [2.45, 2.75) is 12.3 Å². The van der Waals surface area contributed by atoms with Gasteiger partial charge in [0.25, 0.3) is 0 Å². The minimum absolute atomic E-state index is 0.0749. The third kappa shape index (κ3) is 4.58. The molecular weight excluding hydrogens is 424 g/mol. The average Bonchev–Trinajstić information content (AvgIpc) is 3.24. The van der Waals surface area contributed by atoms with Gasteiger partial charge in [0, 0.05) is 34.6 Å². The first-order valence-electron chi connectivity index (χ1n) is 10.4. The molecule has 0 radical (unpaired) electrons. The van der Waals surface area contributed by atoms with Crippen LogP contribution in [0.1, 0.15) is 22.6 Å². The van der Waals surface area contributed by atoms with Crippen molar-refractivity contribution in [2.24, 2.45) is 0 Å². The van der Waals surface area contributed by atoms with E-state index in [1.807, 2.05) is 60.8 Å². The average molecular weight is 449 g/mol. The summed E-state index contributed by atoms with van der Waals surface area (Å²) in [5.74, 6) is 1.07. The molecule has 0 aliphatic rings. The van der Waals surface area contributed by atoms with Crippen molar-refractivity contribution in [3.8, 4) is 11.5 Å². The van der Waals surface area contributed by atoms with Crippen LogP contribution in [0.3, 0.4) is 0 Å². The van der Waals surface area contributed by atoms with Gasteiger partial charge in [0.05, 0.1) is 20.6 Å². The summed E-state index contributed by atoms with van der Waals surface area (Å²) >= 11 is 6.55. The van der Waals surface area contributed by atoms with Crippen molar-refractivity contribution in [3.05, 3.63) is 94.6 Å². The number of amides is 1. The maximum absolute atomic E-state index is 12.8. The smallest absolute Gasteiger partial charge is 0.224 e. The number of methoxy groups -OCH3 is 2. The van der Waals surface area contributed by atoms with E-state index in [1.165, 1.54) is 0 Å². The zero-order valence-electron chi connectivity index (χ0n) is 18.0. The molecular formula is C26H25ClN2O3. The highest BCUT2D eigenvalue weighted by atomic mass is 35.5. The van der Waals surface area contributed by atoms with Crippen LogP contribution in [0.2, 0.25) is 5.02 Å². The second-order valence-corrected chi connectivity index (χ2v) is 7.94. The van der Waals surface area contributed by atoms with Crippen LogP contribution in [-0.4, -0.2) is 31.7 Å². The number of carbonyl (C=O) groups excluding carboxylic acids is 1. The fourth-order valence-corrected chi connectivity index (χ4v) is 4.25. The molecule has 1 heterocycles. The first kappa shape index (κ1) is 21.8. The topological polar surface area (TPSA) is 63.3 Å². The van der Waals surface area contributed by atoms with Gasteiger partial charge in [-0.15, -0.1) is 0 Å². The third-order valence-corrected chi connectivity index (χ3v) is 5.94. The molecule has 0 spiro atoms. The van der Waals surface area contributed by atoms with Gasteiger partial charge < -0.3 is 19.8 Å². The Kier molecular flexibility index (Phi) is 6.66. The Hall–Kier alpha value is -3.44. The maximum atomic E-state index is 12.8. The van der Waals surface area contributed by atoms with Crippen LogP contribution in [0.15, 0.2) is 72.9 Å². The molecule has 1 atom stereocenters. The molecule has 0 bridgehead atoms. The normalized spacial score (nSPS) is 11.8. The molecule has 0 saturated heterocycles. The lowest BCUT2D eigenvalue weighted by Gasteiger charge is -2.19. The third-order valence-electron chi connectivity index (χ3n) is 5.59. The van der Waals surface area contributed by atoms with Crippen molar-refractivity contribution in [2.75, 3.05) is 20.8 Å². The summed E-state index contributed by atoms with van der Waals surface area (Å²) in [6.45, 7) is 0.428. The highest BCUT2D eigenvalue weighted by molar-refractivity contribution is 6.31. The second-order valence-electron chi connectivity index (χ2n) is 7.53. The molecule has 164 valence electrons. The zero-order chi connectivity index (χ0) is 22.5. The molecule has 0 saturated carbocycles. The van der Waals surface area contributed by atoms with Crippen LogP contribution in [0.5, 0.6) is 11.5 Å².